The van der Waals surface area contributed by atoms with Gasteiger partial charge in [0.25, 0.3) is 0 Å². The molecule has 0 aliphatic carbocycles. The lowest BCUT2D eigenvalue weighted by molar-refractivity contribution is -0.0152. The predicted molar refractivity (Wildman–Crippen MR) is 87.2 cm³/mol. The highest BCUT2D eigenvalue weighted by molar-refractivity contribution is 5.14. The molecule has 1 fully saturated rings. The molecule has 4 heteroatoms. The molecule has 1 aromatic carbocycles. The van der Waals surface area contributed by atoms with E-state index in [0.29, 0.717) is 0 Å². The van der Waals surface area contributed by atoms with Crippen LogP contribution in [0.1, 0.15) is 18.4 Å². The first kappa shape index (κ1) is 16.4. The number of hydrogen-bond donors (Lipinski definition) is 1. The summed E-state index contributed by atoms with van der Waals surface area (Å²) in [6, 6.07) is 10.6. The maximum absolute atomic E-state index is 6.06. The van der Waals surface area contributed by atoms with Crippen molar-refractivity contribution < 1.29 is 4.74 Å². The molecule has 21 heavy (non-hydrogen) atoms. The van der Waals surface area contributed by atoms with E-state index in [-0.39, 0.29) is 5.54 Å². The number of nitrogens with two attached hydrogens (primary N) is 1. The third-order valence-corrected chi connectivity index (χ3v) is 4.73. The van der Waals surface area contributed by atoms with Crippen molar-refractivity contribution in [2.75, 3.05) is 46.9 Å². The molecule has 4 nitrogen and oxygen atoms in total. The van der Waals surface area contributed by atoms with Gasteiger partial charge in [0, 0.05) is 44.9 Å². The minimum atomic E-state index is 0.131. The van der Waals surface area contributed by atoms with Gasteiger partial charge in [0.15, 0.2) is 0 Å². The Morgan fingerprint density at radius 1 is 1.10 bits per heavy atom. The molecular weight excluding hydrogens is 262 g/mol. The predicted octanol–water partition coefficient (Wildman–Crippen LogP) is 1.56. The van der Waals surface area contributed by atoms with Crippen LogP contribution in [0.15, 0.2) is 30.3 Å². The minimum absolute atomic E-state index is 0.131. The largest absolute Gasteiger partial charge is 0.381 e. The molecule has 0 atom stereocenters. The molecule has 0 radical (unpaired) electrons. The molecular formula is C17H29N3O. The smallest absolute Gasteiger partial charge is 0.0484 e. The molecule has 0 saturated carbocycles. The summed E-state index contributed by atoms with van der Waals surface area (Å²) in [6.45, 7) is 5.47. The molecule has 1 saturated heterocycles. The molecule has 1 aliphatic rings. The van der Waals surface area contributed by atoms with Gasteiger partial charge in [-0.25, -0.2) is 0 Å². The Hall–Kier alpha value is -0.940. The van der Waals surface area contributed by atoms with Crippen LogP contribution in [0.25, 0.3) is 0 Å². The van der Waals surface area contributed by atoms with Crippen molar-refractivity contribution in [1.82, 2.24) is 9.80 Å². The molecule has 1 aliphatic heterocycles. The average Bonchev–Trinajstić information content (AvgIpc) is 2.54. The fourth-order valence-corrected chi connectivity index (χ4v) is 3.03. The van der Waals surface area contributed by atoms with E-state index in [2.05, 4.69) is 54.2 Å². The zero-order valence-electron chi connectivity index (χ0n) is 13.4. The van der Waals surface area contributed by atoms with E-state index in [0.717, 1.165) is 52.2 Å². The Morgan fingerprint density at radius 3 is 2.38 bits per heavy atom. The molecule has 2 N–H and O–H groups in total. The second-order valence-electron chi connectivity index (χ2n) is 6.19. The zero-order chi connectivity index (χ0) is 15.1. The van der Waals surface area contributed by atoms with Gasteiger partial charge in [-0.2, -0.15) is 0 Å². The summed E-state index contributed by atoms with van der Waals surface area (Å²) < 4.78 is 5.49. The van der Waals surface area contributed by atoms with Crippen molar-refractivity contribution in [2.45, 2.75) is 24.9 Å². The Morgan fingerprint density at radius 2 is 1.76 bits per heavy atom. The lowest BCUT2D eigenvalue weighted by Crippen LogP contribution is -2.56. The number of rotatable bonds is 7. The first-order chi connectivity index (χ1) is 10.2. The molecule has 0 aromatic heterocycles. The maximum atomic E-state index is 6.06. The zero-order valence-corrected chi connectivity index (χ0v) is 13.4. The van der Waals surface area contributed by atoms with E-state index < -0.39 is 0 Å². The lowest BCUT2D eigenvalue weighted by Gasteiger charge is -2.44. The van der Waals surface area contributed by atoms with Crippen LogP contribution in [-0.2, 0) is 11.3 Å². The molecule has 0 amide bonds. The van der Waals surface area contributed by atoms with Crippen LogP contribution < -0.4 is 5.73 Å². The van der Waals surface area contributed by atoms with E-state index >= 15 is 0 Å². The summed E-state index contributed by atoms with van der Waals surface area (Å²) in [4.78, 5) is 4.81. The van der Waals surface area contributed by atoms with Crippen LogP contribution in [-0.4, -0.2) is 62.3 Å². The third kappa shape index (κ3) is 4.51. The summed E-state index contributed by atoms with van der Waals surface area (Å²) in [7, 11) is 4.38. The van der Waals surface area contributed by atoms with Gasteiger partial charge in [-0.1, -0.05) is 30.3 Å². The highest BCUT2D eigenvalue weighted by atomic mass is 16.5. The average molecular weight is 291 g/mol. The maximum Gasteiger partial charge on any atom is 0.0484 e. The van der Waals surface area contributed by atoms with Crippen molar-refractivity contribution in [1.29, 1.82) is 0 Å². The summed E-state index contributed by atoms with van der Waals surface area (Å²) in [5, 5.41) is 0. The van der Waals surface area contributed by atoms with Crippen molar-refractivity contribution in [2.24, 2.45) is 5.73 Å². The third-order valence-electron chi connectivity index (χ3n) is 4.73. The molecule has 0 spiro atoms. The quantitative estimate of drug-likeness (QED) is 0.828. The molecule has 0 bridgehead atoms. The first-order valence-corrected chi connectivity index (χ1v) is 7.88. The van der Waals surface area contributed by atoms with E-state index in [9.17, 15) is 0 Å². The SMILES string of the molecule is CN(CCN(C)C1(CN)CCOCC1)Cc1ccccc1. The lowest BCUT2D eigenvalue weighted by atomic mass is 9.88. The fraction of sp³-hybridized carbons (Fsp3) is 0.647. The number of likely N-dealkylation sites (N-methyl/N-ethyl adjacent to an activating group) is 2. The highest BCUT2D eigenvalue weighted by Crippen LogP contribution is 2.25. The van der Waals surface area contributed by atoms with Crippen LogP contribution in [0.3, 0.4) is 0 Å². The topological polar surface area (TPSA) is 41.7 Å². The highest BCUT2D eigenvalue weighted by Gasteiger charge is 2.34. The number of nitrogens with zero attached hydrogens (tertiary/aromatic N) is 2. The molecule has 1 aromatic rings. The molecule has 2 rings (SSSR count). The van der Waals surface area contributed by atoms with Gasteiger partial charge in [-0.15, -0.1) is 0 Å². The van der Waals surface area contributed by atoms with Gasteiger partial charge in [0.1, 0.15) is 0 Å². The van der Waals surface area contributed by atoms with Crippen LogP contribution in [0.5, 0.6) is 0 Å². The van der Waals surface area contributed by atoms with Gasteiger partial charge < -0.3 is 15.4 Å². The summed E-state index contributed by atoms with van der Waals surface area (Å²) >= 11 is 0. The minimum Gasteiger partial charge on any atom is -0.381 e. The van der Waals surface area contributed by atoms with Crippen molar-refractivity contribution in [3.05, 3.63) is 35.9 Å². The number of hydrogen-bond acceptors (Lipinski definition) is 4. The van der Waals surface area contributed by atoms with Crippen molar-refractivity contribution in [3.8, 4) is 0 Å². The first-order valence-electron chi connectivity index (χ1n) is 7.88. The van der Waals surface area contributed by atoms with Crippen LogP contribution in [0.4, 0.5) is 0 Å². The van der Waals surface area contributed by atoms with Crippen LogP contribution >= 0.6 is 0 Å². The molecule has 0 unspecified atom stereocenters. The Kier molecular flexibility index (Phi) is 6.18. The van der Waals surface area contributed by atoms with Gasteiger partial charge >= 0.3 is 0 Å². The monoisotopic (exact) mass is 291 g/mol. The normalized spacial score (nSPS) is 18.3. The van der Waals surface area contributed by atoms with Gasteiger partial charge in [-0.3, -0.25) is 4.90 Å². The fourth-order valence-electron chi connectivity index (χ4n) is 3.03. The second kappa shape index (κ2) is 7.90. The molecule has 1 heterocycles. The van der Waals surface area contributed by atoms with Crippen LogP contribution in [0.2, 0.25) is 0 Å². The van der Waals surface area contributed by atoms with E-state index in [1.807, 2.05) is 0 Å². The standard InChI is InChI=1S/C17H29N3O/c1-19(14-16-6-4-3-5-7-16)10-11-20(2)17(15-18)8-12-21-13-9-17/h3-7H,8-15,18H2,1-2H3. The van der Waals surface area contributed by atoms with Gasteiger partial charge in [0.2, 0.25) is 0 Å². The summed E-state index contributed by atoms with van der Waals surface area (Å²) in [5.74, 6) is 0. The Labute approximate surface area is 128 Å². The van der Waals surface area contributed by atoms with E-state index in [1.54, 1.807) is 0 Å². The van der Waals surface area contributed by atoms with Crippen molar-refractivity contribution in [3.63, 3.8) is 0 Å². The Bertz CT molecular complexity index is 404. The van der Waals surface area contributed by atoms with E-state index in [1.165, 1.54) is 5.56 Å². The number of benzene rings is 1. The van der Waals surface area contributed by atoms with E-state index in [4.69, 9.17) is 10.5 Å². The van der Waals surface area contributed by atoms with Crippen LogP contribution in [0, 0.1) is 0 Å². The summed E-state index contributed by atoms with van der Waals surface area (Å²) in [5.41, 5.74) is 7.55. The van der Waals surface area contributed by atoms with Crippen molar-refractivity contribution >= 4 is 0 Å². The second-order valence-corrected chi connectivity index (χ2v) is 6.19. The van der Waals surface area contributed by atoms with Gasteiger partial charge in [-0.05, 0) is 32.5 Å². The van der Waals surface area contributed by atoms with Gasteiger partial charge in [0.05, 0.1) is 0 Å². The number of ether oxygens (including phenoxy) is 1. The Balaban J connectivity index is 1.81. The molecule has 118 valence electrons. The summed E-state index contributed by atoms with van der Waals surface area (Å²) in [6.07, 6.45) is 2.09.